The number of hydrogen-bond donors (Lipinski definition) is 2. The van der Waals surface area contributed by atoms with Crippen LogP contribution in [0, 0.1) is 0 Å². The highest BCUT2D eigenvalue weighted by atomic mass is 15.3. The monoisotopic (exact) mass is 380 g/mol. The van der Waals surface area contributed by atoms with E-state index in [4.69, 9.17) is 0 Å². The summed E-state index contributed by atoms with van der Waals surface area (Å²) in [5.74, 6) is 0.883. The Kier molecular flexibility index (Phi) is 6.27. The Hall–Kier alpha value is -2.34. The number of nitrogens with zero attached hydrogens (tertiary/aromatic N) is 4. The summed E-state index contributed by atoms with van der Waals surface area (Å²) < 4.78 is 1.99. The lowest BCUT2D eigenvalue weighted by atomic mass is 10.2. The van der Waals surface area contributed by atoms with E-state index >= 15 is 0 Å². The van der Waals surface area contributed by atoms with Gasteiger partial charge < -0.3 is 10.6 Å². The van der Waals surface area contributed by atoms with E-state index in [0.29, 0.717) is 6.04 Å². The van der Waals surface area contributed by atoms with E-state index in [2.05, 4.69) is 56.1 Å². The fourth-order valence-electron chi connectivity index (χ4n) is 4.43. The third-order valence-corrected chi connectivity index (χ3v) is 5.96. The number of likely N-dealkylation sites (tertiary alicyclic amines) is 1. The molecular formula is C22H32N6. The van der Waals surface area contributed by atoms with E-state index in [9.17, 15) is 0 Å². The van der Waals surface area contributed by atoms with Crippen LogP contribution in [0.2, 0.25) is 0 Å². The van der Waals surface area contributed by atoms with Gasteiger partial charge in [-0.15, -0.1) is 0 Å². The van der Waals surface area contributed by atoms with Gasteiger partial charge in [0, 0.05) is 50.5 Å². The van der Waals surface area contributed by atoms with Crippen LogP contribution in [0.25, 0.3) is 0 Å². The lowest BCUT2D eigenvalue weighted by Gasteiger charge is -2.24. The van der Waals surface area contributed by atoms with Gasteiger partial charge in [0.05, 0.1) is 12.7 Å². The molecule has 1 aromatic heterocycles. The molecule has 2 aliphatic rings. The van der Waals surface area contributed by atoms with Crippen LogP contribution in [-0.2, 0) is 13.1 Å². The van der Waals surface area contributed by atoms with Crippen LogP contribution in [0.1, 0.15) is 43.2 Å². The molecule has 0 spiro atoms. The van der Waals surface area contributed by atoms with Gasteiger partial charge in [0.25, 0.3) is 0 Å². The van der Waals surface area contributed by atoms with Crippen molar-refractivity contribution in [2.24, 2.45) is 4.99 Å². The topological polar surface area (TPSA) is 57.5 Å². The Balaban J connectivity index is 1.23. The van der Waals surface area contributed by atoms with E-state index < -0.39 is 0 Å². The molecule has 150 valence electrons. The molecule has 0 amide bonds. The van der Waals surface area contributed by atoms with Crippen LogP contribution in [0.3, 0.4) is 0 Å². The van der Waals surface area contributed by atoms with Gasteiger partial charge in [-0.1, -0.05) is 43.2 Å². The minimum Gasteiger partial charge on any atom is -0.352 e. The largest absolute Gasteiger partial charge is 0.352 e. The summed E-state index contributed by atoms with van der Waals surface area (Å²) in [7, 11) is 1.85. The van der Waals surface area contributed by atoms with Crippen molar-refractivity contribution in [1.82, 2.24) is 25.3 Å². The number of rotatable bonds is 6. The normalized spacial score (nSPS) is 21.3. The van der Waals surface area contributed by atoms with Crippen LogP contribution >= 0.6 is 0 Å². The van der Waals surface area contributed by atoms with Crippen molar-refractivity contribution < 1.29 is 0 Å². The maximum atomic E-state index is 4.48. The molecule has 6 heteroatoms. The molecule has 2 heterocycles. The van der Waals surface area contributed by atoms with Gasteiger partial charge >= 0.3 is 0 Å². The first-order valence-corrected chi connectivity index (χ1v) is 10.6. The van der Waals surface area contributed by atoms with Gasteiger partial charge in [-0.25, -0.2) is 0 Å². The lowest BCUT2D eigenvalue weighted by Crippen LogP contribution is -2.45. The van der Waals surface area contributed by atoms with Gasteiger partial charge in [-0.2, -0.15) is 5.10 Å². The van der Waals surface area contributed by atoms with Crippen LogP contribution in [0.4, 0.5) is 0 Å². The third kappa shape index (κ3) is 4.93. The summed E-state index contributed by atoms with van der Waals surface area (Å²) >= 11 is 0. The Labute approximate surface area is 168 Å². The smallest absolute Gasteiger partial charge is 0.191 e. The summed E-state index contributed by atoms with van der Waals surface area (Å²) in [6, 6.07) is 11.7. The zero-order valence-corrected chi connectivity index (χ0v) is 16.8. The number of guanidine groups is 1. The highest BCUT2D eigenvalue weighted by molar-refractivity contribution is 5.80. The molecule has 1 saturated heterocycles. The Bertz CT molecular complexity index is 762. The first-order valence-electron chi connectivity index (χ1n) is 10.6. The van der Waals surface area contributed by atoms with Crippen molar-refractivity contribution in [1.29, 1.82) is 0 Å². The Morgan fingerprint density at radius 3 is 2.75 bits per heavy atom. The standard InChI is InChI=1S/C22H32N6/c1-23-22(26-20-11-12-27(17-20)21-9-5-6-10-21)24-13-19-14-25-28(16-19)15-18-7-3-2-4-8-18/h2-4,7-8,14,16,20-21H,5-6,9-13,15,17H2,1H3,(H2,23,24,26). The summed E-state index contributed by atoms with van der Waals surface area (Å²) in [6.07, 6.45) is 10.8. The number of aliphatic imine (C=N–C) groups is 1. The van der Waals surface area contributed by atoms with Crippen LogP contribution in [0.15, 0.2) is 47.7 Å². The first-order chi connectivity index (χ1) is 13.8. The maximum Gasteiger partial charge on any atom is 0.191 e. The van der Waals surface area contributed by atoms with Gasteiger partial charge in [0.2, 0.25) is 0 Å². The van der Waals surface area contributed by atoms with Crippen LogP contribution in [-0.4, -0.2) is 52.9 Å². The van der Waals surface area contributed by atoms with Crippen molar-refractivity contribution >= 4 is 5.96 Å². The second kappa shape index (κ2) is 9.24. The quantitative estimate of drug-likeness (QED) is 0.597. The van der Waals surface area contributed by atoms with E-state index in [1.54, 1.807) is 0 Å². The van der Waals surface area contributed by atoms with Crippen LogP contribution in [0.5, 0.6) is 0 Å². The zero-order valence-electron chi connectivity index (χ0n) is 16.8. The molecule has 1 atom stereocenters. The minimum absolute atomic E-state index is 0.493. The summed E-state index contributed by atoms with van der Waals surface area (Å²) in [6.45, 7) is 3.88. The SMILES string of the molecule is CN=C(NCc1cnn(Cc2ccccc2)c1)NC1CCN(C2CCCC2)C1. The fraction of sp³-hybridized carbons (Fsp3) is 0.545. The molecule has 2 aromatic rings. The van der Waals surface area contributed by atoms with Crippen molar-refractivity contribution in [2.75, 3.05) is 20.1 Å². The molecule has 1 aromatic carbocycles. The molecule has 4 rings (SSSR count). The maximum absolute atomic E-state index is 4.48. The third-order valence-electron chi connectivity index (χ3n) is 5.96. The van der Waals surface area contributed by atoms with Gasteiger partial charge in [0.15, 0.2) is 5.96 Å². The molecular weight excluding hydrogens is 348 g/mol. The van der Waals surface area contributed by atoms with E-state index in [0.717, 1.165) is 37.2 Å². The van der Waals surface area contributed by atoms with Crippen molar-refractivity contribution in [2.45, 2.75) is 57.3 Å². The summed E-state index contributed by atoms with van der Waals surface area (Å²) in [5.41, 5.74) is 2.42. The Morgan fingerprint density at radius 2 is 1.96 bits per heavy atom. The molecule has 6 nitrogen and oxygen atoms in total. The predicted octanol–water partition coefficient (Wildman–Crippen LogP) is 2.61. The molecule has 0 bridgehead atoms. The first kappa shape index (κ1) is 19.0. The van der Waals surface area contributed by atoms with E-state index in [-0.39, 0.29) is 0 Å². The molecule has 28 heavy (non-hydrogen) atoms. The van der Waals surface area contributed by atoms with E-state index in [1.807, 2.05) is 24.0 Å². The zero-order chi connectivity index (χ0) is 19.2. The molecule has 1 aliphatic carbocycles. The van der Waals surface area contributed by atoms with Gasteiger partial charge in [-0.05, 0) is 24.8 Å². The number of hydrogen-bond acceptors (Lipinski definition) is 3. The highest BCUT2D eigenvalue weighted by Gasteiger charge is 2.30. The second-order valence-corrected chi connectivity index (χ2v) is 8.02. The fourth-order valence-corrected chi connectivity index (χ4v) is 4.43. The van der Waals surface area contributed by atoms with Crippen molar-refractivity contribution in [3.05, 3.63) is 53.9 Å². The van der Waals surface area contributed by atoms with Crippen molar-refractivity contribution in [3.63, 3.8) is 0 Å². The second-order valence-electron chi connectivity index (χ2n) is 8.02. The lowest BCUT2D eigenvalue weighted by molar-refractivity contribution is 0.242. The van der Waals surface area contributed by atoms with Crippen LogP contribution < -0.4 is 10.6 Å². The van der Waals surface area contributed by atoms with Gasteiger partial charge in [0.1, 0.15) is 0 Å². The number of nitrogens with one attached hydrogen (secondary N) is 2. The predicted molar refractivity (Wildman–Crippen MR) is 113 cm³/mol. The molecule has 1 aliphatic heterocycles. The number of aromatic nitrogens is 2. The summed E-state index contributed by atoms with van der Waals surface area (Å²) in [4.78, 5) is 7.08. The number of benzene rings is 1. The Morgan fingerprint density at radius 1 is 1.14 bits per heavy atom. The molecule has 1 unspecified atom stereocenters. The van der Waals surface area contributed by atoms with Crippen molar-refractivity contribution in [3.8, 4) is 0 Å². The average Bonchev–Trinajstić information content (AvgIpc) is 3.47. The summed E-state index contributed by atoms with van der Waals surface area (Å²) in [5, 5.41) is 11.5. The molecule has 1 saturated carbocycles. The van der Waals surface area contributed by atoms with E-state index in [1.165, 1.54) is 44.2 Å². The molecule has 0 radical (unpaired) electrons. The molecule has 2 fully saturated rings. The highest BCUT2D eigenvalue weighted by Crippen LogP contribution is 2.26. The molecule has 2 N–H and O–H groups in total. The van der Waals surface area contributed by atoms with Gasteiger partial charge in [-0.3, -0.25) is 14.6 Å². The average molecular weight is 381 g/mol. The minimum atomic E-state index is 0.493.